The van der Waals surface area contributed by atoms with Crippen molar-refractivity contribution in [3.05, 3.63) is 0 Å². The normalized spacial score (nSPS) is 23.6. The van der Waals surface area contributed by atoms with Gasteiger partial charge in [-0.25, -0.2) is 0 Å². The molecule has 1 amide bonds. The van der Waals surface area contributed by atoms with Crippen molar-refractivity contribution in [3.63, 3.8) is 0 Å². The molecule has 20 heavy (non-hydrogen) atoms. The maximum Gasteiger partial charge on any atom is 0.303 e. The maximum absolute atomic E-state index is 12.2. The maximum atomic E-state index is 12.2. The zero-order valence-corrected chi connectivity index (χ0v) is 12.5. The molecule has 0 unspecified atom stereocenters. The van der Waals surface area contributed by atoms with E-state index in [0.717, 1.165) is 25.7 Å². The zero-order chi connectivity index (χ0) is 14.6. The second-order valence-corrected chi connectivity index (χ2v) is 6.86. The van der Waals surface area contributed by atoms with Crippen LogP contribution in [0.2, 0.25) is 0 Å². The number of nitrogens with one attached hydrogen (secondary N) is 1. The predicted octanol–water partition coefficient (Wildman–Crippen LogP) is 3.11. The fourth-order valence-corrected chi connectivity index (χ4v) is 4.08. The van der Waals surface area contributed by atoms with Gasteiger partial charge in [0.15, 0.2) is 0 Å². The summed E-state index contributed by atoms with van der Waals surface area (Å²) in [6.07, 6.45) is 9.35. The van der Waals surface area contributed by atoms with Crippen molar-refractivity contribution in [1.29, 1.82) is 0 Å². The minimum Gasteiger partial charge on any atom is -0.481 e. The first kappa shape index (κ1) is 15.3. The van der Waals surface area contributed by atoms with Crippen LogP contribution in [0.1, 0.15) is 71.1 Å². The van der Waals surface area contributed by atoms with Crippen LogP contribution < -0.4 is 5.32 Å². The minimum absolute atomic E-state index is 0.0487. The summed E-state index contributed by atoms with van der Waals surface area (Å²) in [5, 5.41) is 12.2. The van der Waals surface area contributed by atoms with E-state index in [2.05, 4.69) is 12.2 Å². The number of hydrogen-bond donors (Lipinski definition) is 2. The third-order valence-corrected chi connectivity index (χ3v) is 5.22. The molecule has 2 aliphatic rings. The summed E-state index contributed by atoms with van der Waals surface area (Å²) in [5.74, 6) is -0.117. The number of carbonyl (C=O) groups is 2. The number of amides is 1. The highest BCUT2D eigenvalue weighted by atomic mass is 16.4. The van der Waals surface area contributed by atoms with E-state index in [-0.39, 0.29) is 23.8 Å². The summed E-state index contributed by atoms with van der Waals surface area (Å²) in [4.78, 5) is 23.3. The predicted molar refractivity (Wildman–Crippen MR) is 77.3 cm³/mol. The van der Waals surface area contributed by atoms with Gasteiger partial charge in [0.05, 0.1) is 6.42 Å². The lowest BCUT2D eigenvalue weighted by Gasteiger charge is -2.28. The fourth-order valence-electron chi connectivity index (χ4n) is 4.08. The summed E-state index contributed by atoms with van der Waals surface area (Å²) in [6, 6.07) is 0.230. The number of aliphatic carboxylic acids is 1. The first-order valence-corrected chi connectivity index (χ1v) is 8.02. The zero-order valence-electron chi connectivity index (χ0n) is 12.5. The summed E-state index contributed by atoms with van der Waals surface area (Å²) in [7, 11) is 0. The number of carboxylic acid groups (broad SMARTS) is 1. The molecule has 0 aromatic heterocycles. The molecule has 2 rings (SSSR count). The Morgan fingerprint density at radius 2 is 1.75 bits per heavy atom. The van der Waals surface area contributed by atoms with Crippen LogP contribution in [0, 0.1) is 11.3 Å². The Kier molecular flexibility index (Phi) is 5.06. The molecule has 2 fully saturated rings. The Bertz CT molecular complexity index is 355. The van der Waals surface area contributed by atoms with Crippen LogP contribution >= 0.6 is 0 Å². The Morgan fingerprint density at radius 1 is 1.15 bits per heavy atom. The molecule has 0 saturated heterocycles. The summed E-state index contributed by atoms with van der Waals surface area (Å²) in [5.41, 5.74) is -0.286. The van der Waals surface area contributed by atoms with Crippen molar-refractivity contribution in [2.45, 2.75) is 77.2 Å². The van der Waals surface area contributed by atoms with Gasteiger partial charge in [-0.2, -0.15) is 0 Å². The molecule has 114 valence electrons. The SMILES string of the molecule is C[C@H](NC(=O)CC1(CC(=O)O)CCCC1)C1CCCC1. The molecule has 0 aromatic rings. The topological polar surface area (TPSA) is 66.4 Å². The van der Waals surface area contributed by atoms with E-state index in [1.165, 1.54) is 25.7 Å². The van der Waals surface area contributed by atoms with Crippen molar-refractivity contribution in [1.82, 2.24) is 5.32 Å². The quantitative estimate of drug-likeness (QED) is 0.786. The molecule has 4 heteroatoms. The first-order chi connectivity index (χ1) is 9.51. The van der Waals surface area contributed by atoms with E-state index in [9.17, 15) is 9.59 Å². The molecular weight excluding hydrogens is 254 g/mol. The number of rotatable bonds is 6. The first-order valence-electron chi connectivity index (χ1n) is 8.02. The highest BCUT2D eigenvalue weighted by Gasteiger charge is 2.38. The Labute approximate surface area is 121 Å². The fraction of sp³-hybridized carbons (Fsp3) is 0.875. The summed E-state index contributed by atoms with van der Waals surface area (Å²) >= 11 is 0. The smallest absolute Gasteiger partial charge is 0.303 e. The average molecular weight is 281 g/mol. The van der Waals surface area contributed by atoms with Crippen LogP contribution in [0.15, 0.2) is 0 Å². The van der Waals surface area contributed by atoms with Gasteiger partial charge >= 0.3 is 5.97 Å². The van der Waals surface area contributed by atoms with Gasteiger partial charge in [0.1, 0.15) is 0 Å². The van der Waals surface area contributed by atoms with Gasteiger partial charge < -0.3 is 10.4 Å². The van der Waals surface area contributed by atoms with Crippen LogP contribution in [-0.4, -0.2) is 23.0 Å². The summed E-state index contributed by atoms with van der Waals surface area (Å²) in [6.45, 7) is 2.09. The molecule has 0 bridgehead atoms. The average Bonchev–Trinajstić information content (AvgIpc) is 2.98. The Balaban J connectivity index is 1.86. The molecule has 0 aliphatic heterocycles. The van der Waals surface area contributed by atoms with Crippen molar-refractivity contribution in [3.8, 4) is 0 Å². The largest absolute Gasteiger partial charge is 0.481 e. The van der Waals surface area contributed by atoms with Crippen molar-refractivity contribution in [2.75, 3.05) is 0 Å². The van der Waals surface area contributed by atoms with E-state index in [1.807, 2.05) is 0 Å². The number of carbonyl (C=O) groups excluding carboxylic acids is 1. The molecule has 4 nitrogen and oxygen atoms in total. The lowest BCUT2D eigenvalue weighted by Crippen LogP contribution is -2.40. The Morgan fingerprint density at radius 3 is 2.30 bits per heavy atom. The monoisotopic (exact) mass is 281 g/mol. The number of carboxylic acids is 1. The highest BCUT2D eigenvalue weighted by Crippen LogP contribution is 2.44. The van der Waals surface area contributed by atoms with Gasteiger partial charge in [-0.3, -0.25) is 9.59 Å². The van der Waals surface area contributed by atoms with Gasteiger partial charge in [0.25, 0.3) is 0 Å². The molecule has 0 radical (unpaired) electrons. The standard InChI is InChI=1S/C16H27NO3/c1-12(13-6-2-3-7-13)17-14(18)10-16(11-15(19)20)8-4-5-9-16/h12-13H,2-11H2,1H3,(H,17,18)(H,19,20)/t12-/m0/s1. The van der Waals surface area contributed by atoms with E-state index in [1.54, 1.807) is 0 Å². The molecule has 2 N–H and O–H groups in total. The third kappa shape index (κ3) is 3.97. The van der Waals surface area contributed by atoms with E-state index in [4.69, 9.17) is 5.11 Å². The molecule has 2 aliphatic carbocycles. The van der Waals surface area contributed by atoms with Crippen molar-refractivity contribution >= 4 is 11.9 Å². The van der Waals surface area contributed by atoms with Crippen LogP contribution in [0.4, 0.5) is 0 Å². The second kappa shape index (κ2) is 6.59. The van der Waals surface area contributed by atoms with Gasteiger partial charge in [0.2, 0.25) is 5.91 Å². The molecule has 0 heterocycles. The van der Waals surface area contributed by atoms with Crippen LogP contribution in [0.5, 0.6) is 0 Å². The van der Waals surface area contributed by atoms with E-state index >= 15 is 0 Å². The molecular formula is C16H27NO3. The third-order valence-electron chi connectivity index (χ3n) is 5.22. The molecule has 0 spiro atoms. The van der Waals surface area contributed by atoms with Gasteiger partial charge in [0, 0.05) is 12.5 Å². The molecule has 2 saturated carbocycles. The minimum atomic E-state index is -0.774. The lowest BCUT2D eigenvalue weighted by atomic mass is 9.79. The summed E-state index contributed by atoms with van der Waals surface area (Å²) < 4.78 is 0. The second-order valence-electron chi connectivity index (χ2n) is 6.86. The van der Waals surface area contributed by atoms with E-state index < -0.39 is 5.97 Å². The highest BCUT2D eigenvalue weighted by molar-refractivity contribution is 5.78. The van der Waals surface area contributed by atoms with E-state index in [0.29, 0.717) is 12.3 Å². The molecule has 0 aromatic carbocycles. The number of hydrogen-bond acceptors (Lipinski definition) is 2. The Hall–Kier alpha value is -1.06. The van der Waals surface area contributed by atoms with Crippen molar-refractivity contribution in [2.24, 2.45) is 11.3 Å². The van der Waals surface area contributed by atoms with Crippen LogP contribution in [0.3, 0.4) is 0 Å². The van der Waals surface area contributed by atoms with Crippen molar-refractivity contribution < 1.29 is 14.7 Å². The van der Waals surface area contributed by atoms with Gasteiger partial charge in [-0.05, 0) is 43.9 Å². The molecule has 1 atom stereocenters. The van der Waals surface area contributed by atoms with Crippen LogP contribution in [-0.2, 0) is 9.59 Å². The van der Waals surface area contributed by atoms with Crippen LogP contribution in [0.25, 0.3) is 0 Å². The van der Waals surface area contributed by atoms with Gasteiger partial charge in [-0.15, -0.1) is 0 Å². The lowest BCUT2D eigenvalue weighted by molar-refractivity contribution is -0.140. The van der Waals surface area contributed by atoms with Gasteiger partial charge in [-0.1, -0.05) is 25.7 Å².